The van der Waals surface area contributed by atoms with Gasteiger partial charge in [-0.2, -0.15) is 16.4 Å². The molecular weight excluding hydrogens is 282 g/mol. The lowest BCUT2D eigenvalue weighted by atomic mass is 10.2. The van der Waals surface area contributed by atoms with Gasteiger partial charge in [-0.05, 0) is 29.6 Å². The van der Waals surface area contributed by atoms with Gasteiger partial charge in [0.25, 0.3) is 5.91 Å². The number of hydrogen-bond acceptors (Lipinski definition) is 3. The van der Waals surface area contributed by atoms with E-state index in [9.17, 15) is 4.79 Å². The molecule has 0 aliphatic rings. The van der Waals surface area contributed by atoms with E-state index >= 15 is 0 Å². The first kappa shape index (κ1) is 13.6. The molecule has 0 saturated heterocycles. The fourth-order valence-electron chi connectivity index (χ4n) is 2.03. The molecule has 1 N–H and O–H groups in total. The van der Waals surface area contributed by atoms with Crippen molar-refractivity contribution in [1.82, 2.24) is 15.1 Å². The van der Waals surface area contributed by atoms with Crippen molar-refractivity contribution in [2.75, 3.05) is 6.54 Å². The van der Waals surface area contributed by atoms with Crippen molar-refractivity contribution in [1.29, 1.82) is 0 Å². The van der Waals surface area contributed by atoms with Crippen LogP contribution in [-0.4, -0.2) is 22.2 Å². The number of aromatic nitrogens is 2. The van der Waals surface area contributed by atoms with Gasteiger partial charge in [0.05, 0.1) is 12.2 Å². The van der Waals surface area contributed by atoms with Crippen molar-refractivity contribution in [2.24, 2.45) is 0 Å². The molecule has 0 spiro atoms. The number of thiophene rings is 1. The van der Waals surface area contributed by atoms with Crippen LogP contribution in [0.3, 0.4) is 0 Å². The van der Waals surface area contributed by atoms with Crippen molar-refractivity contribution in [2.45, 2.75) is 6.54 Å². The van der Waals surface area contributed by atoms with Gasteiger partial charge in [-0.25, -0.2) is 0 Å². The highest BCUT2D eigenvalue weighted by Gasteiger charge is 2.05. The van der Waals surface area contributed by atoms with Crippen LogP contribution in [0.2, 0.25) is 0 Å². The number of nitrogens with zero attached hydrogens (tertiary/aromatic N) is 2. The maximum absolute atomic E-state index is 11.9. The molecule has 0 radical (unpaired) electrons. The van der Waals surface area contributed by atoms with Crippen LogP contribution in [0.25, 0.3) is 11.3 Å². The van der Waals surface area contributed by atoms with E-state index in [1.807, 2.05) is 40.5 Å². The molecular formula is C16H15N3OS. The first-order valence-corrected chi connectivity index (χ1v) is 7.66. The highest BCUT2D eigenvalue weighted by molar-refractivity contribution is 7.08. The molecule has 1 aromatic carbocycles. The molecule has 0 aliphatic heterocycles. The van der Waals surface area contributed by atoms with E-state index in [0.717, 1.165) is 11.3 Å². The van der Waals surface area contributed by atoms with E-state index in [1.54, 1.807) is 23.5 Å². The normalized spacial score (nSPS) is 10.5. The zero-order valence-corrected chi connectivity index (χ0v) is 12.2. The molecule has 4 nitrogen and oxygen atoms in total. The van der Waals surface area contributed by atoms with Crippen LogP contribution in [0.15, 0.2) is 59.4 Å². The van der Waals surface area contributed by atoms with Crippen LogP contribution >= 0.6 is 11.3 Å². The number of carbonyl (C=O) groups is 1. The Morgan fingerprint density at radius 2 is 2.05 bits per heavy atom. The fraction of sp³-hybridized carbons (Fsp3) is 0.125. The summed E-state index contributed by atoms with van der Waals surface area (Å²) in [5.41, 5.74) is 2.77. The lowest BCUT2D eigenvalue weighted by molar-refractivity contribution is 0.0952. The van der Waals surface area contributed by atoms with Crippen molar-refractivity contribution < 1.29 is 4.79 Å². The fourth-order valence-corrected chi connectivity index (χ4v) is 2.68. The van der Waals surface area contributed by atoms with Gasteiger partial charge in [0, 0.05) is 29.2 Å². The molecule has 3 aromatic rings. The third kappa shape index (κ3) is 3.38. The lowest BCUT2D eigenvalue weighted by Crippen LogP contribution is -2.27. The minimum Gasteiger partial charge on any atom is -0.350 e. The average molecular weight is 297 g/mol. The van der Waals surface area contributed by atoms with Crippen molar-refractivity contribution >= 4 is 17.2 Å². The van der Waals surface area contributed by atoms with Crippen LogP contribution < -0.4 is 5.32 Å². The Morgan fingerprint density at radius 3 is 2.81 bits per heavy atom. The molecule has 2 aromatic heterocycles. The van der Waals surface area contributed by atoms with Crippen molar-refractivity contribution in [3.05, 3.63) is 65.0 Å². The second kappa shape index (κ2) is 6.37. The Kier molecular flexibility index (Phi) is 4.12. The number of rotatable bonds is 5. The summed E-state index contributed by atoms with van der Waals surface area (Å²) in [5.74, 6) is -0.0548. The molecule has 106 valence electrons. The van der Waals surface area contributed by atoms with Crippen molar-refractivity contribution in [3.8, 4) is 11.3 Å². The van der Waals surface area contributed by atoms with Gasteiger partial charge in [0.2, 0.25) is 0 Å². The van der Waals surface area contributed by atoms with Gasteiger partial charge in [-0.15, -0.1) is 0 Å². The largest absolute Gasteiger partial charge is 0.350 e. The number of carbonyl (C=O) groups excluding carboxylic acids is 1. The maximum atomic E-state index is 11.9. The molecule has 0 bridgehead atoms. The van der Waals surface area contributed by atoms with Crippen molar-refractivity contribution in [3.63, 3.8) is 0 Å². The molecule has 2 heterocycles. The Hall–Kier alpha value is -2.40. The van der Waals surface area contributed by atoms with Crippen LogP contribution in [0.5, 0.6) is 0 Å². The molecule has 0 aliphatic carbocycles. The van der Waals surface area contributed by atoms with Gasteiger partial charge < -0.3 is 5.32 Å². The first-order valence-electron chi connectivity index (χ1n) is 6.72. The minimum atomic E-state index is -0.0548. The minimum absolute atomic E-state index is 0.0548. The molecule has 21 heavy (non-hydrogen) atoms. The Balaban J connectivity index is 1.53. The van der Waals surface area contributed by atoms with Crippen LogP contribution in [0.4, 0.5) is 0 Å². The van der Waals surface area contributed by atoms with Crippen LogP contribution in [-0.2, 0) is 6.54 Å². The number of hydrogen-bond donors (Lipinski definition) is 1. The van der Waals surface area contributed by atoms with E-state index in [2.05, 4.69) is 21.9 Å². The Labute approximate surface area is 127 Å². The predicted molar refractivity (Wildman–Crippen MR) is 84.3 cm³/mol. The van der Waals surface area contributed by atoms with E-state index in [0.29, 0.717) is 18.7 Å². The Bertz CT molecular complexity index is 704. The summed E-state index contributed by atoms with van der Waals surface area (Å²) in [7, 11) is 0. The molecule has 5 heteroatoms. The number of benzene rings is 1. The standard InChI is InChI=1S/C16H15N3OS/c20-16(13-4-2-1-3-5-13)17-8-10-19-9-6-15(18-19)14-7-11-21-12-14/h1-7,9,11-12H,8,10H2,(H,17,20). The summed E-state index contributed by atoms with van der Waals surface area (Å²) in [4.78, 5) is 11.9. The molecule has 1 amide bonds. The van der Waals surface area contributed by atoms with E-state index < -0.39 is 0 Å². The summed E-state index contributed by atoms with van der Waals surface area (Å²) in [6, 6.07) is 13.3. The summed E-state index contributed by atoms with van der Waals surface area (Å²) >= 11 is 1.66. The lowest BCUT2D eigenvalue weighted by Gasteiger charge is -2.05. The zero-order chi connectivity index (χ0) is 14.5. The summed E-state index contributed by atoms with van der Waals surface area (Å²) < 4.78 is 1.85. The SMILES string of the molecule is O=C(NCCn1ccc(-c2ccsc2)n1)c1ccccc1. The summed E-state index contributed by atoms with van der Waals surface area (Å²) in [5, 5.41) is 11.5. The Morgan fingerprint density at radius 1 is 1.19 bits per heavy atom. The van der Waals surface area contributed by atoms with E-state index in [-0.39, 0.29) is 5.91 Å². The monoisotopic (exact) mass is 297 g/mol. The van der Waals surface area contributed by atoms with Crippen LogP contribution in [0, 0.1) is 0 Å². The van der Waals surface area contributed by atoms with Gasteiger partial charge in [0.15, 0.2) is 0 Å². The highest BCUT2D eigenvalue weighted by Crippen LogP contribution is 2.19. The smallest absolute Gasteiger partial charge is 0.251 e. The van der Waals surface area contributed by atoms with E-state index in [1.165, 1.54) is 0 Å². The molecule has 0 fully saturated rings. The summed E-state index contributed by atoms with van der Waals surface area (Å²) in [6.07, 6.45) is 1.93. The molecule has 0 saturated carbocycles. The maximum Gasteiger partial charge on any atom is 0.251 e. The number of nitrogens with one attached hydrogen (secondary N) is 1. The second-order valence-electron chi connectivity index (χ2n) is 4.60. The third-order valence-electron chi connectivity index (χ3n) is 3.12. The quantitative estimate of drug-likeness (QED) is 0.787. The summed E-state index contributed by atoms with van der Waals surface area (Å²) in [6.45, 7) is 1.21. The molecule has 3 rings (SSSR count). The second-order valence-corrected chi connectivity index (χ2v) is 5.38. The van der Waals surface area contributed by atoms with Gasteiger partial charge in [-0.3, -0.25) is 9.48 Å². The first-order chi connectivity index (χ1) is 10.3. The van der Waals surface area contributed by atoms with Gasteiger partial charge in [0.1, 0.15) is 0 Å². The zero-order valence-electron chi connectivity index (χ0n) is 11.4. The third-order valence-corrected chi connectivity index (χ3v) is 3.80. The van der Waals surface area contributed by atoms with Gasteiger partial charge in [-0.1, -0.05) is 18.2 Å². The number of amides is 1. The molecule has 0 atom stereocenters. The van der Waals surface area contributed by atoms with Crippen LogP contribution in [0.1, 0.15) is 10.4 Å². The average Bonchev–Trinajstić information content (AvgIpc) is 3.19. The van der Waals surface area contributed by atoms with E-state index in [4.69, 9.17) is 0 Å². The topological polar surface area (TPSA) is 46.9 Å². The van der Waals surface area contributed by atoms with Gasteiger partial charge >= 0.3 is 0 Å². The molecule has 0 unspecified atom stereocenters. The highest BCUT2D eigenvalue weighted by atomic mass is 32.1. The predicted octanol–water partition coefficient (Wildman–Crippen LogP) is 3.04.